The maximum absolute atomic E-state index is 11.2. The largest absolute Gasteiger partial charge is 0.478 e. The summed E-state index contributed by atoms with van der Waals surface area (Å²) in [6.07, 6.45) is 0. The Morgan fingerprint density at radius 2 is 1.85 bits per heavy atom. The molecule has 0 aliphatic carbocycles. The Morgan fingerprint density at radius 3 is 2.55 bits per heavy atom. The minimum absolute atomic E-state index is 0.0328. The van der Waals surface area contributed by atoms with E-state index in [1.54, 1.807) is 24.3 Å². The van der Waals surface area contributed by atoms with Crippen molar-refractivity contribution in [3.63, 3.8) is 0 Å². The standard InChI is InChI=1S/C16H12O3S/c1-11(17)20-10-4-6-12-5-2-8-14-13(12)7-3-9-15(14)16(18)19/h2-3,5,7-9H,10H2,1H3,(H,18,19). The van der Waals surface area contributed by atoms with E-state index in [4.69, 9.17) is 0 Å². The molecule has 0 aliphatic rings. The molecule has 0 fully saturated rings. The second-order valence-electron chi connectivity index (χ2n) is 4.09. The molecule has 3 nitrogen and oxygen atoms in total. The van der Waals surface area contributed by atoms with Crippen molar-refractivity contribution in [3.05, 3.63) is 47.5 Å². The number of carboxylic acids is 1. The van der Waals surface area contributed by atoms with Crippen molar-refractivity contribution in [1.82, 2.24) is 0 Å². The molecule has 20 heavy (non-hydrogen) atoms. The number of hydrogen-bond acceptors (Lipinski definition) is 3. The van der Waals surface area contributed by atoms with Crippen LogP contribution in [0.5, 0.6) is 0 Å². The molecular formula is C16H12O3S. The normalized spacial score (nSPS) is 9.85. The second-order valence-corrected chi connectivity index (χ2v) is 5.25. The quantitative estimate of drug-likeness (QED) is 0.861. The minimum atomic E-state index is -0.951. The van der Waals surface area contributed by atoms with Crippen LogP contribution in [-0.4, -0.2) is 21.9 Å². The SMILES string of the molecule is CC(=O)SCC#Cc1cccc2c(C(=O)O)cccc12. The van der Waals surface area contributed by atoms with E-state index in [1.165, 1.54) is 6.92 Å². The minimum Gasteiger partial charge on any atom is -0.478 e. The predicted octanol–water partition coefficient (Wildman–Crippen LogP) is 3.17. The number of carbonyl (C=O) groups excluding carboxylic acids is 1. The first-order chi connectivity index (χ1) is 9.59. The van der Waals surface area contributed by atoms with Crippen LogP contribution in [0.4, 0.5) is 0 Å². The van der Waals surface area contributed by atoms with E-state index < -0.39 is 5.97 Å². The van der Waals surface area contributed by atoms with Gasteiger partial charge in [-0.2, -0.15) is 0 Å². The molecule has 0 spiro atoms. The Balaban J connectivity index is 2.42. The molecular weight excluding hydrogens is 272 g/mol. The summed E-state index contributed by atoms with van der Waals surface area (Å²) in [5.74, 6) is 5.40. The molecule has 0 saturated heterocycles. The lowest BCUT2D eigenvalue weighted by Crippen LogP contribution is -1.97. The number of aromatic carboxylic acids is 1. The van der Waals surface area contributed by atoms with Gasteiger partial charge >= 0.3 is 5.97 Å². The fourth-order valence-corrected chi connectivity index (χ4v) is 2.22. The van der Waals surface area contributed by atoms with Gasteiger partial charge in [0, 0.05) is 12.5 Å². The molecule has 4 heteroatoms. The van der Waals surface area contributed by atoms with E-state index in [0.29, 0.717) is 11.1 Å². The number of benzene rings is 2. The summed E-state index contributed by atoms with van der Waals surface area (Å²) in [7, 11) is 0. The summed E-state index contributed by atoms with van der Waals surface area (Å²) in [6.45, 7) is 1.50. The van der Waals surface area contributed by atoms with Gasteiger partial charge in [0.25, 0.3) is 0 Å². The Kier molecular flexibility index (Phi) is 4.44. The topological polar surface area (TPSA) is 54.4 Å². The first-order valence-electron chi connectivity index (χ1n) is 5.97. The zero-order valence-corrected chi connectivity index (χ0v) is 11.7. The third kappa shape index (κ3) is 3.19. The van der Waals surface area contributed by atoms with Gasteiger partial charge in [0.15, 0.2) is 5.12 Å². The van der Waals surface area contributed by atoms with Gasteiger partial charge in [-0.3, -0.25) is 4.79 Å². The van der Waals surface area contributed by atoms with Crippen LogP contribution >= 0.6 is 11.8 Å². The summed E-state index contributed by atoms with van der Waals surface area (Å²) < 4.78 is 0. The molecule has 0 aromatic heterocycles. The van der Waals surface area contributed by atoms with E-state index in [0.717, 1.165) is 22.7 Å². The number of carbonyl (C=O) groups is 2. The molecule has 100 valence electrons. The van der Waals surface area contributed by atoms with Gasteiger partial charge in [0.2, 0.25) is 0 Å². The summed E-state index contributed by atoms with van der Waals surface area (Å²) in [4.78, 5) is 22.0. The Bertz CT molecular complexity index is 738. The fraction of sp³-hybridized carbons (Fsp3) is 0.125. The van der Waals surface area contributed by atoms with Crippen LogP contribution in [0.2, 0.25) is 0 Å². The molecule has 2 aromatic carbocycles. The van der Waals surface area contributed by atoms with Gasteiger partial charge in [-0.05, 0) is 22.9 Å². The van der Waals surface area contributed by atoms with Crippen molar-refractivity contribution in [2.75, 3.05) is 5.75 Å². The van der Waals surface area contributed by atoms with E-state index in [1.807, 2.05) is 12.1 Å². The van der Waals surface area contributed by atoms with Gasteiger partial charge < -0.3 is 5.11 Å². The average Bonchev–Trinajstić information content (AvgIpc) is 2.42. The number of rotatable bonds is 2. The Labute approximate surface area is 121 Å². The Morgan fingerprint density at radius 1 is 1.15 bits per heavy atom. The highest BCUT2D eigenvalue weighted by Gasteiger charge is 2.08. The number of hydrogen-bond donors (Lipinski definition) is 1. The van der Waals surface area contributed by atoms with E-state index in [-0.39, 0.29) is 10.7 Å². The molecule has 0 amide bonds. The Hall–Kier alpha value is -2.25. The number of carboxylic acid groups (broad SMARTS) is 1. The molecule has 2 aromatic rings. The number of thioether (sulfide) groups is 1. The molecule has 1 N–H and O–H groups in total. The summed E-state index contributed by atoms with van der Waals surface area (Å²) in [6, 6.07) is 10.5. The van der Waals surface area contributed by atoms with Gasteiger partial charge in [-0.25, -0.2) is 4.79 Å². The van der Waals surface area contributed by atoms with Gasteiger partial charge in [0.05, 0.1) is 11.3 Å². The van der Waals surface area contributed by atoms with E-state index in [2.05, 4.69) is 11.8 Å². The highest BCUT2D eigenvalue weighted by Crippen LogP contribution is 2.22. The van der Waals surface area contributed by atoms with Crippen molar-refractivity contribution in [2.45, 2.75) is 6.92 Å². The third-order valence-corrected chi connectivity index (χ3v) is 3.42. The molecule has 0 bridgehead atoms. The maximum Gasteiger partial charge on any atom is 0.336 e. The van der Waals surface area contributed by atoms with Crippen molar-refractivity contribution >= 4 is 33.6 Å². The van der Waals surface area contributed by atoms with E-state index >= 15 is 0 Å². The first kappa shape index (κ1) is 14.2. The highest BCUT2D eigenvalue weighted by atomic mass is 32.2. The maximum atomic E-state index is 11.2. The van der Waals surface area contributed by atoms with Gasteiger partial charge in [-0.1, -0.05) is 47.9 Å². The van der Waals surface area contributed by atoms with Crippen LogP contribution < -0.4 is 0 Å². The molecule has 0 heterocycles. The molecule has 0 unspecified atom stereocenters. The molecule has 0 atom stereocenters. The van der Waals surface area contributed by atoms with Crippen LogP contribution in [0.15, 0.2) is 36.4 Å². The van der Waals surface area contributed by atoms with Crippen LogP contribution in [0.3, 0.4) is 0 Å². The van der Waals surface area contributed by atoms with Crippen molar-refractivity contribution in [2.24, 2.45) is 0 Å². The van der Waals surface area contributed by atoms with Gasteiger partial charge in [-0.15, -0.1) is 0 Å². The fourth-order valence-electron chi connectivity index (χ4n) is 1.87. The predicted molar refractivity (Wildman–Crippen MR) is 80.9 cm³/mol. The molecule has 0 radical (unpaired) electrons. The van der Waals surface area contributed by atoms with Crippen molar-refractivity contribution < 1.29 is 14.7 Å². The first-order valence-corrected chi connectivity index (χ1v) is 6.95. The van der Waals surface area contributed by atoms with Crippen LogP contribution in [0.1, 0.15) is 22.8 Å². The van der Waals surface area contributed by atoms with Gasteiger partial charge in [0.1, 0.15) is 0 Å². The summed E-state index contributed by atoms with van der Waals surface area (Å²) in [5.41, 5.74) is 1.04. The lowest BCUT2D eigenvalue weighted by Gasteiger charge is -2.04. The molecule has 0 aliphatic heterocycles. The molecule has 0 saturated carbocycles. The van der Waals surface area contributed by atoms with E-state index in [9.17, 15) is 14.7 Å². The number of fused-ring (bicyclic) bond motifs is 1. The average molecular weight is 284 g/mol. The second kappa shape index (κ2) is 6.27. The van der Waals surface area contributed by atoms with Crippen molar-refractivity contribution in [1.29, 1.82) is 0 Å². The van der Waals surface area contributed by atoms with Crippen LogP contribution in [-0.2, 0) is 4.79 Å². The summed E-state index contributed by atoms with van der Waals surface area (Å²) in [5, 5.41) is 10.7. The molecule has 2 rings (SSSR count). The summed E-state index contributed by atoms with van der Waals surface area (Å²) >= 11 is 1.16. The monoisotopic (exact) mass is 284 g/mol. The lowest BCUT2D eigenvalue weighted by molar-refractivity contribution is -0.109. The zero-order chi connectivity index (χ0) is 14.5. The third-order valence-electron chi connectivity index (χ3n) is 2.72. The zero-order valence-electron chi connectivity index (χ0n) is 10.8. The van der Waals surface area contributed by atoms with Crippen molar-refractivity contribution in [3.8, 4) is 11.8 Å². The lowest BCUT2D eigenvalue weighted by atomic mass is 10.0. The van der Waals surface area contributed by atoms with Crippen LogP contribution in [0, 0.1) is 11.8 Å². The van der Waals surface area contributed by atoms with Crippen LogP contribution in [0.25, 0.3) is 10.8 Å². The highest BCUT2D eigenvalue weighted by molar-refractivity contribution is 8.13. The smallest absolute Gasteiger partial charge is 0.336 e.